The molecule has 0 spiro atoms. The summed E-state index contributed by atoms with van der Waals surface area (Å²) in [5, 5.41) is 2.91. The van der Waals surface area contributed by atoms with Gasteiger partial charge >= 0.3 is 0 Å². The Bertz CT molecular complexity index is 954. The van der Waals surface area contributed by atoms with Crippen molar-refractivity contribution in [1.82, 2.24) is 4.31 Å². The summed E-state index contributed by atoms with van der Waals surface area (Å²) >= 11 is 6.19. The van der Waals surface area contributed by atoms with Crippen LogP contribution in [-0.2, 0) is 10.0 Å². The number of amides is 1. The lowest BCUT2D eigenvalue weighted by Crippen LogP contribution is -2.32. The quantitative estimate of drug-likeness (QED) is 0.784. The van der Waals surface area contributed by atoms with Gasteiger partial charge in [-0.3, -0.25) is 4.79 Å². The molecule has 0 radical (unpaired) electrons. The number of rotatable bonds is 5. The van der Waals surface area contributed by atoms with Gasteiger partial charge < -0.3 is 10.1 Å². The van der Waals surface area contributed by atoms with Crippen molar-refractivity contribution in [2.24, 2.45) is 0 Å². The molecule has 0 saturated carbocycles. The number of halogens is 1. The number of sulfonamides is 1. The summed E-state index contributed by atoms with van der Waals surface area (Å²) in [6, 6.07) is 11.2. The summed E-state index contributed by atoms with van der Waals surface area (Å²) < 4.78 is 32.8. The number of benzene rings is 2. The molecule has 8 heteroatoms. The van der Waals surface area contributed by atoms with E-state index in [1.54, 1.807) is 24.3 Å². The number of carbonyl (C=O) groups is 1. The van der Waals surface area contributed by atoms with Gasteiger partial charge in [0.1, 0.15) is 5.75 Å². The molecule has 1 N–H and O–H groups in total. The van der Waals surface area contributed by atoms with Crippen LogP contribution in [0.15, 0.2) is 47.4 Å². The van der Waals surface area contributed by atoms with Crippen LogP contribution >= 0.6 is 11.6 Å². The number of anilines is 1. The van der Waals surface area contributed by atoms with Gasteiger partial charge in [-0.1, -0.05) is 36.6 Å². The van der Waals surface area contributed by atoms with E-state index in [0.29, 0.717) is 24.5 Å². The number of hydrogen-bond acceptors (Lipinski definition) is 4. The van der Waals surface area contributed by atoms with Gasteiger partial charge in [-0.15, -0.1) is 0 Å². The van der Waals surface area contributed by atoms with Crippen LogP contribution in [-0.4, -0.2) is 38.8 Å². The van der Waals surface area contributed by atoms with Crippen LogP contribution in [0.1, 0.15) is 36.0 Å². The molecule has 0 aromatic heterocycles. The average molecular weight is 423 g/mol. The van der Waals surface area contributed by atoms with Gasteiger partial charge in [0.15, 0.2) is 0 Å². The first-order valence-electron chi connectivity index (χ1n) is 9.17. The Morgan fingerprint density at radius 1 is 1.07 bits per heavy atom. The Balaban J connectivity index is 1.89. The fourth-order valence-corrected chi connectivity index (χ4v) is 4.95. The van der Waals surface area contributed by atoms with Gasteiger partial charge in [0.05, 0.1) is 28.3 Å². The SMILES string of the molecule is COc1ccccc1NC(=O)c1cc(S(=O)(=O)N2CCCCCC2)ccc1Cl. The summed E-state index contributed by atoms with van der Waals surface area (Å²) in [6.45, 7) is 0.988. The summed E-state index contributed by atoms with van der Waals surface area (Å²) in [6.07, 6.45) is 3.74. The topological polar surface area (TPSA) is 75.7 Å². The van der Waals surface area contributed by atoms with Crippen LogP contribution in [0.2, 0.25) is 5.02 Å². The van der Waals surface area contributed by atoms with E-state index < -0.39 is 15.9 Å². The normalized spacial score (nSPS) is 15.6. The summed E-state index contributed by atoms with van der Waals surface area (Å²) in [7, 11) is -2.17. The molecular formula is C20H23ClN2O4S. The van der Waals surface area contributed by atoms with Gasteiger partial charge in [-0.2, -0.15) is 4.31 Å². The highest BCUT2D eigenvalue weighted by Gasteiger charge is 2.26. The summed E-state index contributed by atoms with van der Waals surface area (Å²) in [4.78, 5) is 12.8. The lowest BCUT2D eigenvalue weighted by molar-refractivity contribution is 0.102. The molecule has 6 nitrogen and oxygen atoms in total. The van der Waals surface area contributed by atoms with E-state index in [0.717, 1.165) is 25.7 Å². The van der Waals surface area contributed by atoms with Crippen molar-refractivity contribution in [3.8, 4) is 5.75 Å². The monoisotopic (exact) mass is 422 g/mol. The fraction of sp³-hybridized carbons (Fsp3) is 0.350. The Labute approximate surface area is 170 Å². The first kappa shape index (κ1) is 20.6. The first-order valence-corrected chi connectivity index (χ1v) is 11.0. The fourth-order valence-electron chi connectivity index (χ4n) is 3.21. The molecule has 0 aliphatic carbocycles. The van der Waals surface area contributed by atoms with Crippen LogP contribution < -0.4 is 10.1 Å². The van der Waals surface area contributed by atoms with Gasteiger partial charge in [0.2, 0.25) is 10.0 Å². The third-order valence-corrected chi connectivity index (χ3v) is 6.96. The average Bonchev–Trinajstić information content (AvgIpc) is 2.98. The lowest BCUT2D eigenvalue weighted by atomic mass is 10.2. The van der Waals surface area contributed by atoms with Crippen LogP contribution in [0, 0.1) is 0 Å². The number of carbonyl (C=O) groups excluding carboxylic acids is 1. The number of para-hydroxylation sites is 2. The van der Waals surface area contributed by atoms with E-state index in [1.165, 1.54) is 29.6 Å². The van der Waals surface area contributed by atoms with E-state index in [4.69, 9.17) is 16.3 Å². The van der Waals surface area contributed by atoms with Crippen molar-refractivity contribution in [2.75, 3.05) is 25.5 Å². The molecule has 1 aliphatic heterocycles. The van der Waals surface area contributed by atoms with E-state index in [2.05, 4.69) is 5.32 Å². The minimum absolute atomic E-state index is 0.0731. The molecule has 0 unspecified atom stereocenters. The molecule has 1 heterocycles. The van der Waals surface area contributed by atoms with Crippen molar-refractivity contribution in [3.63, 3.8) is 0 Å². The minimum atomic E-state index is -3.67. The van der Waals surface area contributed by atoms with Crippen molar-refractivity contribution >= 4 is 33.2 Å². The first-order chi connectivity index (χ1) is 13.4. The van der Waals surface area contributed by atoms with E-state index >= 15 is 0 Å². The van der Waals surface area contributed by atoms with Crippen molar-refractivity contribution < 1.29 is 17.9 Å². The Kier molecular flexibility index (Phi) is 6.59. The number of ether oxygens (including phenoxy) is 1. The van der Waals surface area contributed by atoms with Crippen molar-refractivity contribution in [2.45, 2.75) is 30.6 Å². The maximum Gasteiger partial charge on any atom is 0.257 e. The van der Waals surface area contributed by atoms with Gasteiger partial charge in [0.25, 0.3) is 5.91 Å². The largest absolute Gasteiger partial charge is 0.495 e. The number of methoxy groups -OCH3 is 1. The van der Waals surface area contributed by atoms with Crippen LogP contribution in [0.4, 0.5) is 5.69 Å². The predicted octanol–water partition coefficient (Wildman–Crippen LogP) is 4.17. The molecule has 1 fully saturated rings. The lowest BCUT2D eigenvalue weighted by Gasteiger charge is -2.20. The van der Waals surface area contributed by atoms with Crippen LogP contribution in [0.3, 0.4) is 0 Å². The van der Waals surface area contributed by atoms with E-state index in [1.807, 2.05) is 0 Å². The number of hydrogen-bond donors (Lipinski definition) is 1. The highest BCUT2D eigenvalue weighted by Crippen LogP contribution is 2.28. The molecule has 0 atom stereocenters. The summed E-state index contributed by atoms with van der Waals surface area (Å²) in [5.41, 5.74) is 0.579. The molecule has 1 amide bonds. The zero-order valence-electron chi connectivity index (χ0n) is 15.7. The van der Waals surface area contributed by atoms with Gasteiger partial charge in [0, 0.05) is 13.1 Å². The van der Waals surface area contributed by atoms with Crippen molar-refractivity contribution in [1.29, 1.82) is 0 Å². The second-order valence-corrected chi connectivity index (χ2v) is 8.96. The molecule has 0 bridgehead atoms. The number of nitrogens with zero attached hydrogens (tertiary/aromatic N) is 1. The molecule has 28 heavy (non-hydrogen) atoms. The number of nitrogens with one attached hydrogen (secondary N) is 1. The minimum Gasteiger partial charge on any atom is -0.495 e. The van der Waals surface area contributed by atoms with E-state index in [-0.39, 0.29) is 15.5 Å². The van der Waals surface area contributed by atoms with Crippen LogP contribution in [0.5, 0.6) is 5.75 Å². The molecule has 1 aliphatic rings. The molecule has 3 rings (SSSR count). The Morgan fingerprint density at radius 3 is 2.43 bits per heavy atom. The van der Waals surface area contributed by atoms with Gasteiger partial charge in [-0.25, -0.2) is 8.42 Å². The third-order valence-electron chi connectivity index (χ3n) is 4.74. The maximum absolute atomic E-state index is 13.0. The highest BCUT2D eigenvalue weighted by molar-refractivity contribution is 7.89. The van der Waals surface area contributed by atoms with Crippen LogP contribution in [0.25, 0.3) is 0 Å². The standard InChI is InChI=1S/C20H23ClN2O4S/c1-27-19-9-5-4-8-18(19)22-20(24)16-14-15(10-11-17(16)21)28(25,26)23-12-6-2-3-7-13-23/h4-5,8-11,14H,2-3,6-7,12-13H2,1H3,(H,22,24). The Morgan fingerprint density at radius 2 is 1.75 bits per heavy atom. The zero-order chi connectivity index (χ0) is 20.1. The second-order valence-electron chi connectivity index (χ2n) is 6.61. The maximum atomic E-state index is 13.0. The van der Waals surface area contributed by atoms with Gasteiger partial charge in [-0.05, 0) is 43.2 Å². The molecule has 2 aromatic rings. The molecular weight excluding hydrogens is 400 g/mol. The highest BCUT2D eigenvalue weighted by atomic mass is 35.5. The molecule has 1 saturated heterocycles. The van der Waals surface area contributed by atoms with E-state index in [9.17, 15) is 13.2 Å². The zero-order valence-corrected chi connectivity index (χ0v) is 17.2. The smallest absolute Gasteiger partial charge is 0.257 e. The predicted molar refractivity (Wildman–Crippen MR) is 110 cm³/mol. The van der Waals surface area contributed by atoms with Crippen molar-refractivity contribution in [3.05, 3.63) is 53.1 Å². The third kappa shape index (κ3) is 4.48. The molecule has 150 valence electrons. The Hall–Kier alpha value is -2.09. The second kappa shape index (κ2) is 8.94. The summed E-state index contributed by atoms with van der Waals surface area (Å²) in [5.74, 6) is 0.00253. The molecule has 2 aromatic carbocycles.